The summed E-state index contributed by atoms with van der Waals surface area (Å²) in [7, 11) is -4.76. The number of nitrogens with one attached hydrogen (secondary N) is 4. The second-order valence-electron chi connectivity index (χ2n) is 12.5. The Kier molecular flexibility index (Phi) is 13.1. The first kappa shape index (κ1) is 38.0. The minimum absolute atomic E-state index is 0.00914. The van der Waals surface area contributed by atoms with Crippen molar-refractivity contribution in [3.05, 3.63) is 77.9 Å². The molecule has 268 valence electrons. The number of nitrogens with two attached hydrogens (primary N) is 1. The number of carbonyl (C=O) groups is 5. The van der Waals surface area contributed by atoms with Gasteiger partial charge in [0, 0.05) is 19.9 Å². The fourth-order valence-corrected chi connectivity index (χ4v) is 6.63. The SMILES string of the molecule is CC(=O)N[C@@H](Cc1ccc(OP(=O)(O)O)cc1)C(=O)NC1(C(=O)N[C@@H](CC(N)=O)C(=O)NCCCc2cccc3ccccc23)CCCCC1. The second-order valence-corrected chi connectivity index (χ2v) is 13.7. The quantitative estimate of drug-likeness (QED) is 0.0854. The highest BCUT2D eigenvalue weighted by Gasteiger charge is 2.43. The number of rotatable bonds is 16. The molecule has 1 aliphatic carbocycles. The van der Waals surface area contributed by atoms with Crippen LogP contribution in [0.5, 0.6) is 5.75 Å². The predicted octanol–water partition coefficient (Wildman–Crippen LogP) is 2.29. The smallest absolute Gasteiger partial charge is 0.404 e. The molecular weight excluding hydrogens is 665 g/mol. The van der Waals surface area contributed by atoms with Gasteiger partial charge in [-0.05, 0) is 59.7 Å². The van der Waals surface area contributed by atoms with Crippen molar-refractivity contribution in [1.29, 1.82) is 0 Å². The lowest BCUT2D eigenvalue weighted by atomic mass is 9.80. The maximum absolute atomic E-state index is 13.9. The van der Waals surface area contributed by atoms with E-state index in [1.54, 1.807) is 0 Å². The van der Waals surface area contributed by atoms with E-state index in [-0.39, 0.29) is 25.0 Å². The fourth-order valence-electron chi connectivity index (χ4n) is 6.23. The van der Waals surface area contributed by atoms with Crippen LogP contribution in [0.1, 0.15) is 63.0 Å². The topological polar surface area (TPSA) is 226 Å². The Morgan fingerprint density at radius 2 is 1.56 bits per heavy atom. The third-order valence-electron chi connectivity index (χ3n) is 8.61. The molecule has 1 saturated carbocycles. The average molecular weight is 710 g/mol. The average Bonchev–Trinajstić information content (AvgIpc) is 3.06. The van der Waals surface area contributed by atoms with Crippen molar-refractivity contribution in [3.63, 3.8) is 0 Å². The van der Waals surface area contributed by atoms with E-state index in [0.29, 0.717) is 37.8 Å². The summed E-state index contributed by atoms with van der Waals surface area (Å²) in [5.74, 6) is -3.21. The van der Waals surface area contributed by atoms with Gasteiger partial charge in [0.15, 0.2) is 0 Å². The molecule has 0 aliphatic heterocycles. The summed E-state index contributed by atoms with van der Waals surface area (Å²) >= 11 is 0. The molecule has 1 fully saturated rings. The van der Waals surface area contributed by atoms with Crippen molar-refractivity contribution in [2.24, 2.45) is 5.73 Å². The molecule has 50 heavy (non-hydrogen) atoms. The number of amides is 5. The first-order valence-electron chi connectivity index (χ1n) is 16.5. The molecule has 0 saturated heterocycles. The molecule has 8 N–H and O–H groups in total. The molecule has 0 unspecified atom stereocenters. The number of phosphoric ester groups is 1. The Bertz CT molecular complexity index is 1730. The Morgan fingerprint density at radius 3 is 2.22 bits per heavy atom. The van der Waals surface area contributed by atoms with E-state index in [4.69, 9.17) is 15.5 Å². The molecule has 1 aliphatic rings. The summed E-state index contributed by atoms with van der Waals surface area (Å²) in [5.41, 5.74) is 5.71. The third kappa shape index (κ3) is 11.1. The van der Waals surface area contributed by atoms with E-state index in [1.165, 1.54) is 31.2 Å². The van der Waals surface area contributed by atoms with Gasteiger partial charge in [-0.25, -0.2) is 4.57 Å². The van der Waals surface area contributed by atoms with Gasteiger partial charge in [-0.2, -0.15) is 0 Å². The number of benzene rings is 3. The first-order valence-corrected chi connectivity index (χ1v) is 18.0. The monoisotopic (exact) mass is 709 g/mol. The van der Waals surface area contributed by atoms with Crippen LogP contribution < -0.4 is 31.5 Å². The first-order chi connectivity index (χ1) is 23.7. The van der Waals surface area contributed by atoms with Gasteiger partial charge in [0.25, 0.3) is 0 Å². The van der Waals surface area contributed by atoms with Crippen LogP contribution in [0.25, 0.3) is 10.8 Å². The number of hydrogen-bond acceptors (Lipinski definition) is 7. The van der Waals surface area contributed by atoms with Gasteiger partial charge in [0.2, 0.25) is 29.5 Å². The van der Waals surface area contributed by atoms with E-state index in [1.807, 2.05) is 42.5 Å². The van der Waals surface area contributed by atoms with Crippen LogP contribution in [0.3, 0.4) is 0 Å². The lowest BCUT2D eigenvalue weighted by molar-refractivity contribution is -0.139. The summed E-state index contributed by atoms with van der Waals surface area (Å²) in [4.78, 5) is 83.0. The lowest BCUT2D eigenvalue weighted by Gasteiger charge is -2.38. The molecule has 3 aromatic rings. The molecule has 0 aromatic heterocycles. The van der Waals surface area contributed by atoms with Crippen LogP contribution in [0.15, 0.2) is 66.7 Å². The van der Waals surface area contributed by atoms with Crippen LogP contribution in [0.2, 0.25) is 0 Å². The Hall–Kier alpha value is -4.78. The number of primary amides is 1. The maximum atomic E-state index is 13.9. The van der Waals surface area contributed by atoms with E-state index < -0.39 is 61.4 Å². The van der Waals surface area contributed by atoms with Crippen molar-refractivity contribution >= 4 is 48.1 Å². The zero-order valence-electron chi connectivity index (χ0n) is 27.9. The second kappa shape index (κ2) is 17.2. The lowest BCUT2D eigenvalue weighted by Crippen LogP contribution is -2.65. The summed E-state index contributed by atoms with van der Waals surface area (Å²) in [6.07, 6.45) is 3.44. The summed E-state index contributed by atoms with van der Waals surface area (Å²) < 4.78 is 15.7. The van der Waals surface area contributed by atoms with Gasteiger partial charge in [-0.1, -0.05) is 73.9 Å². The van der Waals surface area contributed by atoms with Crippen LogP contribution in [-0.2, 0) is 41.4 Å². The molecule has 0 bridgehead atoms. The van der Waals surface area contributed by atoms with Gasteiger partial charge in [-0.3, -0.25) is 33.8 Å². The fraction of sp³-hybridized carbons (Fsp3) is 0.400. The number of aryl methyl sites for hydroxylation is 1. The van der Waals surface area contributed by atoms with Crippen LogP contribution in [0, 0.1) is 0 Å². The summed E-state index contributed by atoms with van der Waals surface area (Å²) in [5, 5.41) is 13.2. The maximum Gasteiger partial charge on any atom is 0.524 e. The van der Waals surface area contributed by atoms with E-state index >= 15 is 0 Å². The Balaban J connectivity index is 1.42. The number of carbonyl (C=O) groups excluding carboxylic acids is 5. The molecular formula is C35H44N5O9P. The zero-order chi connectivity index (χ0) is 36.3. The zero-order valence-corrected chi connectivity index (χ0v) is 28.7. The largest absolute Gasteiger partial charge is 0.524 e. The van der Waals surface area contributed by atoms with Crippen LogP contribution in [-0.4, -0.2) is 63.5 Å². The highest BCUT2D eigenvalue weighted by molar-refractivity contribution is 7.46. The van der Waals surface area contributed by atoms with Crippen molar-refractivity contribution in [2.75, 3.05) is 6.54 Å². The highest BCUT2D eigenvalue weighted by Crippen LogP contribution is 2.37. The van der Waals surface area contributed by atoms with Gasteiger partial charge in [-0.15, -0.1) is 0 Å². The predicted molar refractivity (Wildman–Crippen MR) is 185 cm³/mol. The van der Waals surface area contributed by atoms with Crippen LogP contribution >= 0.6 is 7.82 Å². The number of phosphoric acid groups is 1. The number of fused-ring (bicyclic) bond motifs is 1. The standard InChI is InChI=1S/C35H44N5O9P/c1-23(41)38-29(21-24-14-16-27(17-15-24)49-50(46,47)48)33(44)40-35(18-5-2-6-19-35)34(45)39-30(22-31(36)42)32(43)37-20-8-12-26-11-7-10-25-9-3-4-13-28(25)26/h3-4,7,9-11,13-17,29-30H,2,5-6,8,12,18-22H2,1H3,(H2,36,42)(H,37,43)(H,38,41)(H,39,45)(H,40,44)(H2,46,47,48)/t29-,30-/m0/s1. The molecule has 2 atom stereocenters. The van der Waals surface area contributed by atoms with E-state index in [0.717, 1.165) is 22.8 Å². The minimum Gasteiger partial charge on any atom is -0.404 e. The number of hydrogen-bond donors (Lipinski definition) is 7. The van der Waals surface area contributed by atoms with Crippen molar-refractivity contribution in [2.45, 2.75) is 82.3 Å². The van der Waals surface area contributed by atoms with E-state index in [2.05, 4.69) is 25.8 Å². The van der Waals surface area contributed by atoms with E-state index in [9.17, 15) is 28.5 Å². The molecule has 3 aromatic carbocycles. The molecule has 15 heteroatoms. The van der Waals surface area contributed by atoms with Gasteiger partial charge in [0.1, 0.15) is 23.4 Å². The Morgan fingerprint density at radius 1 is 0.880 bits per heavy atom. The van der Waals surface area contributed by atoms with Gasteiger partial charge < -0.3 is 31.5 Å². The molecule has 5 amide bonds. The van der Waals surface area contributed by atoms with Gasteiger partial charge in [0.05, 0.1) is 6.42 Å². The Labute approximate surface area is 290 Å². The highest BCUT2D eigenvalue weighted by atomic mass is 31.2. The summed E-state index contributed by atoms with van der Waals surface area (Å²) in [6, 6.07) is 17.3. The molecule has 4 rings (SSSR count). The molecule has 14 nitrogen and oxygen atoms in total. The van der Waals surface area contributed by atoms with Gasteiger partial charge >= 0.3 is 7.82 Å². The summed E-state index contributed by atoms with van der Waals surface area (Å²) in [6.45, 7) is 1.54. The molecule has 0 spiro atoms. The molecule has 0 heterocycles. The third-order valence-corrected chi connectivity index (χ3v) is 9.06. The molecule has 0 radical (unpaired) electrons. The van der Waals surface area contributed by atoms with Crippen LogP contribution in [0.4, 0.5) is 0 Å². The van der Waals surface area contributed by atoms with Crippen molar-refractivity contribution in [1.82, 2.24) is 21.3 Å². The van der Waals surface area contributed by atoms with Crippen molar-refractivity contribution in [3.8, 4) is 5.75 Å². The normalized spacial score (nSPS) is 15.3. The minimum atomic E-state index is -4.76. The van der Waals surface area contributed by atoms with Crippen molar-refractivity contribution < 1.29 is 42.8 Å².